The van der Waals surface area contributed by atoms with Crippen LogP contribution in [0.3, 0.4) is 0 Å². The number of hydrogen-bond acceptors (Lipinski definition) is 7. The highest BCUT2D eigenvalue weighted by Crippen LogP contribution is 2.29. The Balaban J connectivity index is 1.76. The lowest BCUT2D eigenvalue weighted by molar-refractivity contribution is 0.0959. The summed E-state index contributed by atoms with van der Waals surface area (Å²) in [7, 11) is 1.50. The Bertz CT molecular complexity index is 1010. The second kappa shape index (κ2) is 8.45. The summed E-state index contributed by atoms with van der Waals surface area (Å²) in [5.41, 5.74) is 13.7. The van der Waals surface area contributed by atoms with Gasteiger partial charge in [0.05, 0.1) is 12.7 Å². The zero-order chi connectivity index (χ0) is 20.1. The molecule has 0 aliphatic carbocycles. The van der Waals surface area contributed by atoms with Gasteiger partial charge in [-0.3, -0.25) is 15.6 Å². The molecule has 3 rings (SSSR count). The van der Waals surface area contributed by atoms with Gasteiger partial charge < -0.3 is 15.8 Å². The number of nitrogen functional groups attached to an aromatic ring is 1. The average molecular weight is 399 g/mol. The van der Waals surface area contributed by atoms with Crippen LogP contribution in [0.15, 0.2) is 48.8 Å². The number of methoxy groups -OCH3 is 1. The molecule has 2 aromatic carbocycles. The van der Waals surface area contributed by atoms with Gasteiger partial charge in [-0.2, -0.15) is 0 Å². The van der Waals surface area contributed by atoms with Crippen molar-refractivity contribution in [1.82, 2.24) is 15.4 Å². The van der Waals surface area contributed by atoms with Crippen LogP contribution in [0, 0.1) is 6.92 Å². The molecule has 0 fully saturated rings. The molecule has 144 valence electrons. The number of carbonyl (C=O) groups excluding carboxylic acids is 1. The first-order chi connectivity index (χ1) is 13.5. The summed E-state index contributed by atoms with van der Waals surface area (Å²) in [5.74, 6) is 0.696. The molecule has 1 amide bonds. The number of nitrogens with zero attached hydrogens (tertiary/aromatic N) is 2. The summed E-state index contributed by atoms with van der Waals surface area (Å²) in [6, 6.07) is 12.3. The van der Waals surface area contributed by atoms with Gasteiger partial charge in [-0.15, -0.1) is 0 Å². The molecule has 9 heteroatoms. The van der Waals surface area contributed by atoms with Crippen molar-refractivity contribution in [2.75, 3.05) is 23.6 Å². The largest absolute Gasteiger partial charge is 0.496 e. The lowest BCUT2D eigenvalue weighted by Gasteiger charge is -2.15. The maximum Gasteiger partial charge on any atom is 0.273 e. The van der Waals surface area contributed by atoms with E-state index in [1.807, 2.05) is 19.1 Å². The van der Waals surface area contributed by atoms with Crippen molar-refractivity contribution >= 4 is 40.5 Å². The molecule has 0 saturated heterocycles. The van der Waals surface area contributed by atoms with E-state index in [2.05, 4.69) is 26.1 Å². The van der Waals surface area contributed by atoms with Crippen molar-refractivity contribution in [3.63, 3.8) is 0 Å². The first-order valence-electron chi connectivity index (χ1n) is 8.33. The quantitative estimate of drug-likeness (QED) is 0.469. The second-order valence-electron chi connectivity index (χ2n) is 5.80. The van der Waals surface area contributed by atoms with E-state index in [-0.39, 0.29) is 11.5 Å². The molecule has 0 bridgehead atoms. The molecule has 0 aliphatic heterocycles. The molecule has 1 heterocycles. The third kappa shape index (κ3) is 4.07. The summed E-state index contributed by atoms with van der Waals surface area (Å²) in [4.78, 5) is 20.6. The Morgan fingerprint density at radius 1 is 1.11 bits per heavy atom. The summed E-state index contributed by atoms with van der Waals surface area (Å²) in [6.45, 7) is 1.88. The molecular formula is C19H19ClN6O2. The number of nitrogens with two attached hydrogens (primary N) is 1. The van der Waals surface area contributed by atoms with Crippen LogP contribution in [-0.4, -0.2) is 23.0 Å². The second-order valence-corrected chi connectivity index (χ2v) is 6.21. The SMILES string of the molecule is COc1ccccc1C(=O)NNc1ncnc(Nc2cccc(Cl)c2C)c1N. The van der Waals surface area contributed by atoms with Crippen LogP contribution < -0.4 is 26.6 Å². The highest BCUT2D eigenvalue weighted by atomic mass is 35.5. The molecule has 8 nitrogen and oxygen atoms in total. The van der Waals surface area contributed by atoms with Gasteiger partial charge in [0.2, 0.25) is 0 Å². The van der Waals surface area contributed by atoms with Crippen LogP contribution >= 0.6 is 11.6 Å². The van der Waals surface area contributed by atoms with Gasteiger partial charge in [0.1, 0.15) is 17.8 Å². The Morgan fingerprint density at radius 3 is 2.64 bits per heavy atom. The van der Waals surface area contributed by atoms with Gasteiger partial charge in [0.25, 0.3) is 5.91 Å². The third-order valence-electron chi connectivity index (χ3n) is 4.05. The summed E-state index contributed by atoms with van der Waals surface area (Å²) in [5, 5.41) is 3.75. The standard InChI is InChI=1S/C19H19ClN6O2/c1-11-13(20)7-5-8-14(11)24-17-16(21)18(23-10-22-17)25-26-19(27)12-6-3-4-9-15(12)28-2/h3-10H,21H2,1-2H3,(H,26,27)(H2,22,23,24,25). The lowest BCUT2D eigenvalue weighted by Crippen LogP contribution is -2.30. The van der Waals surface area contributed by atoms with Crippen molar-refractivity contribution in [3.05, 3.63) is 64.9 Å². The fraction of sp³-hybridized carbons (Fsp3) is 0.105. The average Bonchev–Trinajstić information content (AvgIpc) is 2.71. The van der Waals surface area contributed by atoms with Gasteiger partial charge in [-0.1, -0.05) is 29.8 Å². The Morgan fingerprint density at radius 2 is 1.86 bits per heavy atom. The molecular weight excluding hydrogens is 380 g/mol. The number of ether oxygens (including phenoxy) is 1. The Hall–Kier alpha value is -3.52. The van der Waals surface area contributed by atoms with Crippen molar-refractivity contribution in [3.8, 4) is 5.75 Å². The van der Waals surface area contributed by atoms with E-state index in [0.29, 0.717) is 22.2 Å². The van der Waals surface area contributed by atoms with Crippen LogP contribution in [0.2, 0.25) is 5.02 Å². The molecule has 0 atom stereocenters. The molecule has 28 heavy (non-hydrogen) atoms. The summed E-state index contributed by atoms with van der Waals surface area (Å²) < 4.78 is 5.19. The molecule has 5 N–H and O–H groups in total. The van der Waals surface area contributed by atoms with E-state index >= 15 is 0 Å². The van der Waals surface area contributed by atoms with E-state index in [0.717, 1.165) is 11.3 Å². The molecule has 3 aromatic rings. The molecule has 0 saturated carbocycles. The number of aromatic nitrogens is 2. The monoisotopic (exact) mass is 398 g/mol. The summed E-state index contributed by atoms with van der Waals surface area (Å²) >= 11 is 6.14. The first kappa shape index (κ1) is 19.2. The normalized spacial score (nSPS) is 10.2. The number of hydrogen-bond donors (Lipinski definition) is 4. The Kier molecular flexibility index (Phi) is 5.81. The number of halogens is 1. The molecule has 0 aliphatic rings. The van der Waals surface area contributed by atoms with E-state index < -0.39 is 5.91 Å². The zero-order valence-corrected chi connectivity index (χ0v) is 16.0. The number of benzene rings is 2. The fourth-order valence-corrected chi connectivity index (χ4v) is 2.66. The van der Waals surface area contributed by atoms with E-state index in [1.165, 1.54) is 13.4 Å². The molecule has 0 spiro atoms. The number of para-hydroxylation sites is 1. The van der Waals surface area contributed by atoms with Crippen LogP contribution in [-0.2, 0) is 0 Å². The van der Waals surface area contributed by atoms with Crippen molar-refractivity contribution in [2.45, 2.75) is 6.92 Å². The summed E-state index contributed by atoms with van der Waals surface area (Å²) in [6.07, 6.45) is 1.33. The predicted octanol–water partition coefficient (Wildman–Crippen LogP) is 3.53. The minimum atomic E-state index is -0.393. The molecule has 0 unspecified atom stereocenters. The topological polar surface area (TPSA) is 114 Å². The zero-order valence-electron chi connectivity index (χ0n) is 15.3. The minimum absolute atomic E-state index is 0.238. The van der Waals surface area contributed by atoms with Crippen molar-refractivity contribution in [1.29, 1.82) is 0 Å². The van der Waals surface area contributed by atoms with Gasteiger partial charge in [0, 0.05) is 10.7 Å². The number of nitrogens with one attached hydrogen (secondary N) is 3. The first-order valence-corrected chi connectivity index (χ1v) is 8.71. The van der Waals surface area contributed by atoms with Crippen LogP contribution in [0.1, 0.15) is 15.9 Å². The number of amides is 1. The van der Waals surface area contributed by atoms with E-state index in [9.17, 15) is 4.79 Å². The van der Waals surface area contributed by atoms with E-state index in [4.69, 9.17) is 22.1 Å². The highest BCUT2D eigenvalue weighted by molar-refractivity contribution is 6.31. The van der Waals surface area contributed by atoms with Gasteiger partial charge in [0.15, 0.2) is 11.6 Å². The van der Waals surface area contributed by atoms with E-state index in [1.54, 1.807) is 30.3 Å². The third-order valence-corrected chi connectivity index (χ3v) is 4.46. The fourth-order valence-electron chi connectivity index (χ4n) is 2.48. The maximum absolute atomic E-state index is 12.4. The van der Waals surface area contributed by atoms with Gasteiger partial charge in [-0.25, -0.2) is 9.97 Å². The maximum atomic E-state index is 12.4. The number of anilines is 4. The van der Waals surface area contributed by atoms with Crippen LogP contribution in [0.25, 0.3) is 0 Å². The molecule has 0 radical (unpaired) electrons. The number of hydrazine groups is 1. The van der Waals surface area contributed by atoms with Gasteiger partial charge >= 0.3 is 0 Å². The highest BCUT2D eigenvalue weighted by Gasteiger charge is 2.14. The minimum Gasteiger partial charge on any atom is -0.496 e. The number of rotatable bonds is 6. The van der Waals surface area contributed by atoms with Crippen molar-refractivity contribution < 1.29 is 9.53 Å². The lowest BCUT2D eigenvalue weighted by atomic mass is 10.2. The van der Waals surface area contributed by atoms with Crippen LogP contribution in [0.5, 0.6) is 5.75 Å². The number of carbonyl (C=O) groups is 1. The molecule has 1 aromatic heterocycles. The van der Waals surface area contributed by atoms with Gasteiger partial charge in [-0.05, 0) is 36.8 Å². The van der Waals surface area contributed by atoms with Crippen molar-refractivity contribution in [2.24, 2.45) is 0 Å². The predicted molar refractivity (Wildman–Crippen MR) is 110 cm³/mol. The van der Waals surface area contributed by atoms with Crippen LogP contribution in [0.4, 0.5) is 23.0 Å². The smallest absolute Gasteiger partial charge is 0.273 e. The Labute approximate surface area is 167 Å².